The summed E-state index contributed by atoms with van der Waals surface area (Å²) < 4.78 is 0.712. The minimum absolute atomic E-state index is 0.197. The first kappa shape index (κ1) is 11.3. The minimum atomic E-state index is -0.989. The van der Waals surface area contributed by atoms with Gasteiger partial charge >= 0.3 is 5.97 Å². The molecule has 0 fully saturated rings. The van der Waals surface area contributed by atoms with Crippen molar-refractivity contribution < 1.29 is 14.7 Å². The molecule has 2 N–H and O–H groups in total. The molecular weight excluding hydrogens is 240 g/mol. The van der Waals surface area contributed by atoms with Crippen LogP contribution in [0.3, 0.4) is 0 Å². The Bertz CT molecular complexity index is 618. The molecule has 0 spiro atoms. The number of hydrogen-bond donors (Lipinski definition) is 2. The average Bonchev–Trinajstić information content (AvgIpc) is 2.69. The van der Waals surface area contributed by atoms with Crippen LogP contribution in [0.1, 0.15) is 10.4 Å². The molecule has 0 aliphatic heterocycles. The Morgan fingerprint density at radius 2 is 2.24 bits per heavy atom. The molecule has 0 atom stereocenters. The molecular formula is C11H8N2O3S. The minimum Gasteiger partial charge on any atom is -0.478 e. The lowest BCUT2D eigenvalue weighted by atomic mass is 10.2. The van der Waals surface area contributed by atoms with Gasteiger partial charge in [-0.25, -0.2) is 9.78 Å². The summed E-state index contributed by atoms with van der Waals surface area (Å²) in [6.07, 6.45) is 1.15. The second kappa shape index (κ2) is 4.34. The smallest absolute Gasteiger partial charge is 0.335 e. The highest BCUT2D eigenvalue weighted by Gasteiger charge is 2.08. The monoisotopic (exact) mass is 248 g/mol. The molecule has 0 saturated carbocycles. The highest BCUT2D eigenvalue weighted by Crippen LogP contribution is 2.26. The quantitative estimate of drug-likeness (QED) is 0.815. The van der Waals surface area contributed by atoms with E-state index in [1.54, 1.807) is 6.07 Å². The number of rotatable bonds is 3. The van der Waals surface area contributed by atoms with Gasteiger partial charge in [0.15, 0.2) is 5.13 Å². The summed E-state index contributed by atoms with van der Waals surface area (Å²) in [4.78, 5) is 26.0. The number of thiazole rings is 1. The maximum absolute atomic E-state index is 11.1. The van der Waals surface area contributed by atoms with Gasteiger partial charge in [-0.3, -0.25) is 10.1 Å². The number of nitrogens with one attached hydrogen (secondary N) is 1. The number of fused-ring (bicyclic) bond motifs is 1. The largest absolute Gasteiger partial charge is 0.478 e. The van der Waals surface area contributed by atoms with Crippen molar-refractivity contribution in [1.82, 2.24) is 4.98 Å². The third-order valence-electron chi connectivity index (χ3n) is 2.05. The predicted octanol–water partition coefficient (Wildman–Crippen LogP) is 2.12. The normalized spacial score (nSPS) is 10.1. The average molecular weight is 248 g/mol. The number of anilines is 1. The number of nitrogens with zero attached hydrogens (tertiary/aromatic N) is 1. The van der Waals surface area contributed by atoms with E-state index in [1.165, 1.54) is 23.5 Å². The van der Waals surface area contributed by atoms with E-state index in [2.05, 4.69) is 16.9 Å². The van der Waals surface area contributed by atoms with E-state index in [9.17, 15) is 9.59 Å². The summed E-state index contributed by atoms with van der Waals surface area (Å²) in [5.41, 5.74) is 0.849. The van der Waals surface area contributed by atoms with Crippen molar-refractivity contribution in [2.45, 2.75) is 0 Å². The first-order valence-corrected chi connectivity index (χ1v) is 5.49. The SMILES string of the molecule is C=CC(=O)Nc1nc2ccc(C(=O)O)cc2s1. The number of benzene rings is 1. The van der Waals surface area contributed by atoms with E-state index in [0.717, 1.165) is 6.08 Å². The lowest BCUT2D eigenvalue weighted by Gasteiger charge is -1.92. The molecule has 1 aromatic heterocycles. The van der Waals surface area contributed by atoms with Gasteiger partial charge in [-0.05, 0) is 24.3 Å². The standard InChI is InChI=1S/C11H8N2O3S/c1-2-9(14)13-11-12-7-4-3-6(10(15)16)5-8(7)17-11/h2-5H,1H2,(H,15,16)(H,12,13,14). The molecule has 0 aliphatic carbocycles. The Kier molecular flexibility index (Phi) is 2.88. The van der Waals surface area contributed by atoms with Crippen LogP contribution in [0.2, 0.25) is 0 Å². The van der Waals surface area contributed by atoms with Crippen LogP contribution in [-0.2, 0) is 4.79 Å². The lowest BCUT2D eigenvalue weighted by Crippen LogP contribution is -2.06. The Labute approximate surface area is 100 Å². The van der Waals surface area contributed by atoms with E-state index >= 15 is 0 Å². The van der Waals surface area contributed by atoms with Gasteiger partial charge in [-0.1, -0.05) is 17.9 Å². The summed E-state index contributed by atoms with van der Waals surface area (Å²) in [7, 11) is 0. The van der Waals surface area contributed by atoms with Gasteiger partial charge in [-0.2, -0.15) is 0 Å². The molecule has 5 nitrogen and oxygen atoms in total. The molecule has 17 heavy (non-hydrogen) atoms. The second-order valence-electron chi connectivity index (χ2n) is 3.20. The van der Waals surface area contributed by atoms with Crippen LogP contribution in [0.15, 0.2) is 30.9 Å². The Morgan fingerprint density at radius 1 is 1.47 bits per heavy atom. The number of amides is 1. The first-order chi connectivity index (χ1) is 8.10. The third-order valence-corrected chi connectivity index (χ3v) is 2.98. The van der Waals surface area contributed by atoms with Crippen LogP contribution in [0.25, 0.3) is 10.2 Å². The van der Waals surface area contributed by atoms with Crippen molar-refractivity contribution in [3.8, 4) is 0 Å². The summed E-state index contributed by atoms with van der Waals surface area (Å²) in [5, 5.41) is 11.8. The third kappa shape index (κ3) is 2.31. The molecule has 0 unspecified atom stereocenters. The van der Waals surface area contributed by atoms with Gasteiger partial charge in [0.05, 0.1) is 15.8 Å². The van der Waals surface area contributed by atoms with Crippen LogP contribution in [0.5, 0.6) is 0 Å². The summed E-state index contributed by atoms with van der Waals surface area (Å²) in [5.74, 6) is -1.33. The number of aromatic carboxylic acids is 1. The van der Waals surface area contributed by atoms with Gasteiger partial charge in [0.25, 0.3) is 0 Å². The van der Waals surface area contributed by atoms with Crippen LogP contribution in [-0.4, -0.2) is 22.0 Å². The molecule has 0 radical (unpaired) electrons. The molecule has 0 aliphatic rings. The zero-order valence-electron chi connectivity index (χ0n) is 8.64. The molecule has 1 aromatic carbocycles. The van der Waals surface area contributed by atoms with Crippen molar-refractivity contribution in [3.05, 3.63) is 36.4 Å². The van der Waals surface area contributed by atoms with E-state index in [4.69, 9.17) is 5.11 Å². The highest BCUT2D eigenvalue weighted by atomic mass is 32.1. The number of carbonyl (C=O) groups is 2. The summed E-state index contributed by atoms with van der Waals surface area (Å²) >= 11 is 1.22. The first-order valence-electron chi connectivity index (χ1n) is 4.67. The van der Waals surface area contributed by atoms with Gasteiger partial charge in [0.2, 0.25) is 5.91 Å². The fraction of sp³-hybridized carbons (Fsp3) is 0. The number of aromatic nitrogens is 1. The van der Waals surface area contributed by atoms with Crippen molar-refractivity contribution in [3.63, 3.8) is 0 Å². The van der Waals surface area contributed by atoms with E-state index in [-0.39, 0.29) is 11.5 Å². The molecule has 2 rings (SSSR count). The molecule has 0 saturated heterocycles. The maximum Gasteiger partial charge on any atom is 0.335 e. The number of carboxylic acids is 1. The van der Waals surface area contributed by atoms with Crippen LogP contribution in [0, 0.1) is 0 Å². The highest BCUT2D eigenvalue weighted by molar-refractivity contribution is 7.22. The fourth-order valence-corrected chi connectivity index (χ4v) is 2.18. The van der Waals surface area contributed by atoms with Crippen molar-refractivity contribution >= 4 is 38.6 Å². The molecule has 2 aromatic rings. The fourth-order valence-electron chi connectivity index (χ4n) is 1.27. The number of hydrogen-bond acceptors (Lipinski definition) is 4. The van der Waals surface area contributed by atoms with Gasteiger partial charge in [0, 0.05) is 0 Å². The van der Waals surface area contributed by atoms with E-state index < -0.39 is 5.97 Å². The van der Waals surface area contributed by atoms with Crippen LogP contribution in [0.4, 0.5) is 5.13 Å². The van der Waals surface area contributed by atoms with Crippen LogP contribution < -0.4 is 5.32 Å². The van der Waals surface area contributed by atoms with Crippen LogP contribution >= 0.6 is 11.3 Å². The molecule has 1 heterocycles. The van der Waals surface area contributed by atoms with Gasteiger partial charge in [-0.15, -0.1) is 0 Å². The molecule has 0 bridgehead atoms. The predicted molar refractivity (Wildman–Crippen MR) is 65.4 cm³/mol. The molecule has 6 heteroatoms. The lowest BCUT2D eigenvalue weighted by molar-refractivity contribution is -0.111. The zero-order chi connectivity index (χ0) is 12.4. The number of carbonyl (C=O) groups excluding carboxylic acids is 1. The van der Waals surface area contributed by atoms with Gasteiger partial charge in [0.1, 0.15) is 0 Å². The number of carboxylic acid groups (broad SMARTS) is 1. The zero-order valence-corrected chi connectivity index (χ0v) is 9.45. The van der Waals surface area contributed by atoms with Crippen molar-refractivity contribution in [2.75, 3.05) is 5.32 Å². The molecule has 1 amide bonds. The van der Waals surface area contributed by atoms with E-state index in [0.29, 0.717) is 15.3 Å². The Balaban J connectivity index is 2.40. The van der Waals surface area contributed by atoms with E-state index in [1.807, 2.05) is 0 Å². The second-order valence-corrected chi connectivity index (χ2v) is 4.23. The van der Waals surface area contributed by atoms with Gasteiger partial charge < -0.3 is 5.11 Å². The van der Waals surface area contributed by atoms with Crippen molar-refractivity contribution in [1.29, 1.82) is 0 Å². The summed E-state index contributed by atoms with van der Waals surface area (Å²) in [6, 6.07) is 4.61. The van der Waals surface area contributed by atoms with Crippen molar-refractivity contribution in [2.24, 2.45) is 0 Å². The summed E-state index contributed by atoms with van der Waals surface area (Å²) in [6.45, 7) is 3.34. The maximum atomic E-state index is 11.1. The molecule has 86 valence electrons. The Morgan fingerprint density at radius 3 is 2.88 bits per heavy atom. The topological polar surface area (TPSA) is 79.3 Å². The Hall–Kier alpha value is -2.21.